The number of carbonyl (C=O) groups excluding carboxylic acids is 4. The lowest BCUT2D eigenvalue weighted by molar-refractivity contribution is -0.301. The molecule has 0 saturated carbocycles. The average Bonchev–Trinajstić information content (AvgIpc) is 2.78. The van der Waals surface area contributed by atoms with Gasteiger partial charge in [0.1, 0.15) is 11.2 Å². The number of benzene rings is 2. The molecule has 0 unspecified atom stereocenters. The van der Waals surface area contributed by atoms with E-state index in [1.807, 2.05) is 0 Å². The molecule has 0 aromatic heterocycles. The van der Waals surface area contributed by atoms with Crippen molar-refractivity contribution in [1.29, 1.82) is 0 Å². The topological polar surface area (TPSA) is 114 Å². The molecule has 0 saturated heterocycles. The van der Waals surface area contributed by atoms with Gasteiger partial charge in [0.05, 0.1) is 23.8 Å². The third-order valence-electron chi connectivity index (χ3n) is 4.02. The Morgan fingerprint density at radius 2 is 1.03 bits per heavy atom. The lowest BCUT2D eigenvalue weighted by Gasteiger charge is -2.17. The summed E-state index contributed by atoms with van der Waals surface area (Å²) < 4.78 is 4.77. The standard InChI is InChI=1S/C25H28O9/c1-24(2,3)33-31-21(27)16-10-8-15(9-11-16)20(26)18-13-12-17(14-19(18)23(29)30-7)22(28)32-34-25(4,5)6/h8-14H,1-7H3. The molecule has 2 aromatic rings. The molecule has 0 atom stereocenters. The number of ketones is 1. The van der Waals surface area contributed by atoms with Gasteiger partial charge in [0.15, 0.2) is 5.78 Å². The summed E-state index contributed by atoms with van der Waals surface area (Å²) in [7, 11) is 1.16. The van der Waals surface area contributed by atoms with E-state index >= 15 is 0 Å². The van der Waals surface area contributed by atoms with Crippen LogP contribution in [0.3, 0.4) is 0 Å². The van der Waals surface area contributed by atoms with Gasteiger partial charge < -0.3 is 4.74 Å². The molecule has 2 rings (SSSR count). The van der Waals surface area contributed by atoms with Crippen LogP contribution in [0, 0.1) is 0 Å². The molecule has 9 heteroatoms. The molecule has 182 valence electrons. The predicted molar refractivity (Wildman–Crippen MR) is 120 cm³/mol. The van der Waals surface area contributed by atoms with Gasteiger partial charge in [0.25, 0.3) is 0 Å². The van der Waals surface area contributed by atoms with E-state index in [1.165, 1.54) is 42.5 Å². The van der Waals surface area contributed by atoms with Gasteiger partial charge in [-0.25, -0.2) is 14.4 Å². The molecule has 0 aliphatic carbocycles. The van der Waals surface area contributed by atoms with Crippen LogP contribution in [0.5, 0.6) is 0 Å². The minimum Gasteiger partial charge on any atom is -0.465 e. The molecule has 0 fully saturated rings. The lowest BCUT2D eigenvalue weighted by atomic mass is 9.96. The second-order valence-corrected chi connectivity index (χ2v) is 9.29. The molecular weight excluding hydrogens is 444 g/mol. The number of carbonyl (C=O) groups is 4. The molecule has 0 aliphatic rings. The molecule has 0 heterocycles. The largest absolute Gasteiger partial charge is 0.465 e. The van der Waals surface area contributed by atoms with E-state index in [4.69, 9.17) is 24.3 Å². The van der Waals surface area contributed by atoms with Gasteiger partial charge in [-0.1, -0.05) is 12.1 Å². The summed E-state index contributed by atoms with van der Waals surface area (Å²) >= 11 is 0. The molecule has 0 bridgehead atoms. The molecule has 9 nitrogen and oxygen atoms in total. The first kappa shape index (κ1) is 26.7. The van der Waals surface area contributed by atoms with Gasteiger partial charge in [-0.2, -0.15) is 9.78 Å². The van der Waals surface area contributed by atoms with Gasteiger partial charge in [0, 0.05) is 11.1 Å². The van der Waals surface area contributed by atoms with Crippen molar-refractivity contribution in [3.63, 3.8) is 0 Å². The molecule has 2 aromatic carbocycles. The fourth-order valence-electron chi connectivity index (χ4n) is 2.48. The Labute approximate surface area is 197 Å². The zero-order valence-electron chi connectivity index (χ0n) is 20.2. The Morgan fingerprint density at radius 3 is 1.50 bits per heavy atom. The van der Waals surface area contributed by atoms with Crippen molar-refractivity contribution in [2.45, 2.75) is 52.7 Å². The molecule has 34 heavy (non-hydrogen) atoms. The molecular formula is C25H28O9. The Morgan fingerprint density at radius 1 is 0.588 bits per heavy atom. The molecule has 0 amide bonds. The van der Waals surface area contributed by atoms with E-state index in [-0.39, 0.29) is 27.8 Å². The first-order chi connectivity index (χ1) is 15.7. The Balaban J connectivity index is 2.28. The highest BCUT2D eigenvalue weighted by Crippen LogP contribution is 2.20. The van der Waals surface area contributed by atoms with E-state index in [0.29, 0.717) is 0 Å². The molecule has 0 spiro atoms. The highest BCUT2D eigenvalue weighted by Gasteiger charge is 2.24. The molecule has 0 radical (unpaired) electrons. The fraction of sp³-hybridized carbons (Fsp3) is 0.360. The van der Waals surface area contributed by atoms with E-state index in [0.717, 1.165) is 7.11 Å². The average molecular weight is 472 g/mol. The second kappa shape index (κ2) is 10.6. The van der Waals surface area contributed by atoms with Crippen LogP contribution in [0.1, 0.15) is 88.5 Å². The number of hydrogen-bond acceptors (Lipinski definition) is 9. The van der Waals surface area contributed by atoms with Gasteiger partial charge >= 0.3 is 17.9 Å². The quantitative estimate of drug-likeness (QED) is 0.249. The minimum atomic E-state index is -0.834. The van der Waals surface area contributed by atoms with Crippen LogP contribution >= 0.6 is 0 Å². The van der Waals surface area contributed by atoms with Crippen molar-refractivity contribution in [1.82, 2.24) is 0 Å². The monoisotopic (exact) mass is 472 g/mol. The predicted octanol–water partition coefficient (Wildman–Crippen LogP) is 4.48. The third-order valence-corrected chi connectivity index (χ3v) is 4.02. The van der Waals surface area contributed by atoms with E-state index in [9.17, 15) is 19.2 Å². The highest BCUT2D eigenvalue weighted by atomic mass is 17.2. The molecule has 0 N–H and O–H groups in total. The third kappa shape index (κ3) is 7.50. The van der Waals surface area contributed by atoms with Gasteiger partial charge in [-0.05, 0) is 71.9 Å². The maximum atomic E-state index is 13.1. The first-order valence-corrected chi connectivity index (χ1v) is 10.4. The van der Waals surface area contributed by atoms with E-state index in [2.05, 4.69) is 0 Å². The summed E-state index contributed by atoms with van der Waals surface area (Å²) in [5.74, 6) is -2.88. The van der Waals surface area contributed by atoms with Crippen LogP contribution in [0.25, 0.3) is 0 Å². The van der Waals surface area contributed by atoms with Gasteiger partial charge in [0.2, 0.25) is 0 Å². The maximum Gasteiger partial charge on any atom is 0.373 e. The van der Waals surface area contributed by atoms with Crippen molar-refractivity contribution in [2.75, 3.05) is 7.11 Å². The smallest absolute Gasteiger partial charge is 0.373 e. The van der Waals surface area contributed by atoms with Crippen molar-refractivity contribution >= 4 is 23.7 Å². The van der Waals surface area contributed by atoms with Crippen LogP contribution in [0.4, 0.5) is 0 Å². The number of methoxy groups -OCH3 is 1. The van der Waals surface area contributed by atoms with Crippen molar-refractivity contribution in [2.24, 2.45) is 0 Å². The van der Waals surface area contributed by atoms with E-state index < -0.39 is 34.9 Å². The molecule has 0 aliphatic heterocycles. The minimum absolute atomic E-state index is 0.00172. The zero-order chi connectivity index (χ0) is 25.7. The summed E-state index contributed by atoms with van der Waals surface area (Å²) in [5.41, 5.74) is -1.15. The van der Waals surface area contributed by atoms with E-state index in [1.54, 1.807) is 41.5 Å². The van der Waals surface area contributed by atoms with Crippen LogP contribution in [0.15, 0.2) is 42.5 Å². The van der Waals surface area contributed by atoms with Crippen LogP contribution < -0.4 is 0 Å². The Hall–Kier alpha value is -3.56. The number of rotatable bonds is 7. The fourth-order valence-corrected chi connectivity index (χ4v) is 2.48. The number of hydrogen-bond donors (Lipinski definition) is 0. The summed E-state index contributed by atoms with van der Waals surface area (Å²) in [5, 5.41) is 0. The number of esters is 1. The van der Waals surface area contributed by atoms with Crippen LogP contribution in [-0.2, 0) is 24.3 Å². The van der Waals surface area contributed by atoms with Crippen molar-refractivity contribution in [3.05, 3.63) is 70.3 Å². The summed E-state index contributed by atoms with van der Waals surface area (Å²) in [6.45, 7) is 10.3. The highest BCUT2D eigenvalue weighted by molar-refractivity contribution is 6.15. The number of ether oxygens (including phenoxy) is 1. The van der Waals surface area contributed by atoms with Gasteiger partial charge in [-0.15, -0.1) is 0 Å². The van der Waals surface area contributed by atoms with Crippen molar-refractivity contribution < 1.29 is 43.5 Å². The van der Waals surface area contributed by atoms with Crippen molar-refractivity contribution in [3.8, 4) is 0 Å². The lowest BCUT2D eigenvalue weighted by Crippen LogP contribution is -2.22. The Kier molecular flexibility index (Phi) is 8.31. The van der Waals surface area contributed by atoms with Gasteiger partial charge in [-0.3, -0.25) is 14.6 Å². The normalized spacial score (nSPS) is 11.5. The van der Waals surface area contributed by atoms with Crippen LogP contribution in [-0.4, -0.2) is 42.0 Å². The Bertz CT molecular complexity index is 1070. The summed E-state index contributed by atoms with van der Waals surface area (Å²) in [4.78, 5) is 69.4. The maximum absolute atomic E-state index is 13.1. The second-order valence-electron chi connectivity index (χ2n) is 9.29. The van der Waals surface area contributed by atoms with Crippen LogP contribution in [0.2, 0.25) is 0 Å². The zero-order valence-corrected chi connectivity index (χ0v) is 20.2. The summed E-state index contributed by atoms with van der Waals surface area (Å²) in [6, 6.07) is 9.48. The first-order valence-electron chi connectivity index (χ1n) is 10.4. The SMILES string of the molecule is COC(=O)c1cc(C(=O)OOC(C)(C)C)ccc1C(=O)c1ccc(C(=O)OOC(C)(C)C)cc1. The summed E-state index contributed by atoms with van der Waals surface area (Å²) in [6.07, 6.45) is 0.